The Kier molecular flexibility index (Phi) is 8.31. The number of nitrogens with one attached hydrogen (secondary N) is 2. The van der Waals surface area contributed by atoms with Gasteiger partial charge in [-0.3, -0.25) is 9.59 Å². The zero-order valence-electron chi connectivity index (χ0n) is 17.1. The van der Waals surface area contributed by atoms with Gasteiger partial charge in [-0.25, -0.2) is 4.39 Å². The standard InChI is InChI=1S/C25H25FN2O3/c26-22-12-10-20(11-13-22)25(30)28-23-9-4-8-21(18-23)24(29)27-15-5-16-31-17-14-19-6-2-1-3-7-19/h1-4,6-13,18H,5,14-17H2,(H,27,29)(H,28,30). The first-order valence-corrected chi connectivity index (χ1v) is 10.2. The summed E-state index contributed by atoms with van der Waals surface area (Å²) in [7, 11) is 0. The van der Waals surface area contributed by atoms with Crippen molar-refractivity contribution >= 4 is 17.5 Å². The Bertz CT molecular complexity index is 991. The molecular formula is C25H25FN2O3. The number of hydrogen-bond acceptors (Lipinski definition) is 3. The van der Waals surface area contributed by atoms with E-state index in [4.69, 9.17) is 4.74 Å². The van der Waals surface area contributed by atoms with Gasteiger partial charge in [0, 0.05) is 30.0 Å². The summed E-state index contributed by atoms with van der Waals surface area (Å²) < 4.78 is 18.6. The van der Waals surface area contributed by atoms with Gasteiger partial charge in [-0.15, -0.1) is 0 Å². The first kappa shape index (κ1) is 22.2. The van der Waals surface area contributed by atoms with Crippen LogP contribution in [-0.2, 0) is 11.2 Å². The van der Waals surface area contributed by atoms with Crippen molar-refractivity contribution in [2.24, 2.45) is 0 Å². The van der Waals surface area contributed by atoms with Crippen LogP contribution in [0.15, 0.2) is 78.9 Å². The lowest BCUT2D eigenvalue weighted by Gasteiger charge is -2.09. The molecule has 0 saturated heterocycles. The van der Waals surface area contributed by atoms with E-state index in [1.165, 1.54) is 29.8 Å². The summed E-state index contributed by atoms with van der Waals surface area (Å²) in [6.07, 6.45) is 1.57. The van der Waals surface area contributed by atoms with Crippen molar-refractivity contribution in [1.82, 2.24) is 5.32 Å². The Morgan fingerprint density at radius 2 is 1.58 bits per heavy atom. The molecule has 0 aliphatic carbocycles. The van der Waals surface area contributed by atoms with Gasteiger partial charge in [0.2, 0.25) is 0 Å². The zero-order valence-corrected chi connectivity index (χ0v) is 17.1. The molecule has 0 aliphatic heterocycles. The average molecular weight is 420 g/mol. The first-order chi connectivity index (χ1) is 15.1. The van der Waals surface area contributed by atoms with Crippen LogP contribution in [0.4, 0.5) is 10.1 Å². The van der Waals surface area contributed by atoms with Gasteiger partial charge in [-0.1, -0.05) is 36.4 Å². The predicted molar refractivity (Wildman–Crippen MR) is 119 cm³/mol. The Hall–Kier alpha value is -3.51. The fourth-order valence-corrected chi connectivity index (χ4v) is 2.96. The minimum absolute atomic E-state index is 0.220. The van der Waals surface area contributed by atoms with Crippen LogP contribution in [0, 0.1) is 5.82 Å². The normalized spacial score (nSPS) is 10.5. The molecule has 0 atom stereocenters. The van der Waals surface area contributed by atoms with E-state index in [0.29, 0.717) is 43.0 Å². The molecule has 160 valence electrons. The summed E-state index contributed by atoms with van der Waals surface area (Å²) in [5, 5.41) is 5.57. The van der Waals surface area contributed by atoms with Crippen LogP contribution in [-0.4, -0.2) is 31.6 Å². The molecule has 0 spiro atoms. The van der Waals surface area contributed by atoms with Crippen LogP contribution >= 0.6 is 0 Å². The summed E-state index contributed by atoms with van der Waals surface area (Å²) in [5.41, 5.74) is 2.51. The molecule has 0 radical (unpaired) electrons. The van der Waals surface area contributed by atoms with Crippen LogP contribution in [0.5, 0.6) is 0 Å². The van der Waals surface area contributed by atoms with Crippen LogP contribution in [0.2, 0.25) is 0 Å². The number of carbonyl (C=O) groups is 2. The van der Waals surface area contributed by atoms with Crippen molar-refractivity contribution in [1.29, 1.82) is 0 Å². The van der Waals surface area contributed by atoms with E-state index in [-0.39, 0.29) is 11.8 Å². The molecule has 31 heavy (non-hydrogen) atoms. The van der Waals surface area contributed by atoms with Crippen molar-refractivity contribution in [2.75, 3.05) is 25.1 Å². The fourth-order valence-electron chi connectivity index (χ4n) is 2.96. The Labute approximate surface area is 181 Å². The molecule has 0 fully saturated rings. The summed E-state index contributed by atoms with van der Waals surface area (Å²) in [6, 6.07) is 22.1. The molecule has 5 nitrogen and oxygen atoms in total. The highest BCUT2D eigenvalue weighted by Crippen LogP contribution is 2.13. The lowest BCUT2D eigenvalue weighted by atomic mass is 10.1. The topological polar surface area (TPSA) is 67.4 Å². The van der Waals surface area contributed by atoms with Gasteiger partial charge in [0.05, 0.1) is 6.61 Å². The zero-order chi connectivity index (χ0) is 21.9. The van der Waals surface area contributed by atoms with Gasteiger partial charge in [0.15, 0.2) is 0 Å². The third-order valence-electron chi connectivity index (χ3n) is 4.62. The van der Waals surface area contributed by atoms with E-state index in [1.807, 2.05) is 18.2 Å². The maximum atomic E-state index is 13.0. The number of benzene rings is 3. The number of ether oxygens (including phenoxy) is 1. The number of amides is 2. The molecule has 0 aromatic heterocycles. The number of rotatable bonds is 10. The molecule has 2 amide bonds. The lowest BCUT2D eigenvalue weighted by molar-refractivity contribution is 0.0940. The maximum absolute atomic E-state index is 13.0. The molecule has 6 heteroatoms. The minimum Gasteiger partial charge on any atom is -0.381 e. The summed E-state index contributed by atoms with van der Waals surface area (Å²) in [5.74, 6) is -0.996. The van der Waals surface area contributed by atoms with Gasteiger partial charge >= 0.3 is 0 Å². The van der Waals surface area contributed by atoms with E-state index >= 15 is 0 Å². The molecule has 3 rings (SSSR count). The highest BCUT2D eigenvalue weighted by Gasteiger charge is 2.09. The second-order valence-electron chi connectivity index (χ2n) is 7.00. The second-order valence-corrected chi connectivity index (χ2v) is 7.00. The molecular weight excluding hydrogens is 395 g/mol. The van der Waals surface area contributed by atoms with E-state index < -0.39 is 5.82 Å². The van der Waals surface area contributed by atoms with Crippen LogP contribution in [0.25, 0.3) is 0 Å². The predicted octanol–water partition coefficient (Wildman–Crippen LogP) is 4.46. The molecule has 0 saturated carbocycles. The summed E-state index contributed by atoms with van der Waals surface area (Å²) in [6.45, 7) is 1.71. The van der Waals surface area contributed by atoms with Gasteiger partial charge < -0.3 is 15.4 Å². The Balaban J connectivity index is 1.38. The number of carbonyl (C=O) groups excluding carboxylic acids is 2. The quantitative estimate of drug-likeness (QED) is 0.476. The number of halogens is 1. The van der Waals surface area contributed by atoms with Gasteiger partial charge in [0.25, 0.3) is 11.8 Å². The SMILES string of the molecule is O=C(NCCCOCCc1ccccc1)c1cccc(NC(=O)c2ccc(F)cc2)c1. The highest BCUT2D eigenvalue weighted by atomic mass is 19.1. The van der Waals surface area contributed by atoms with E-state index in [1.54, 1.807) is 24.3 Å². The van der Waals surface area contributed by atoms with Gasteiger partial charge in [0.1, 0.15) is 5.82 Å². The van der Waals surface area contributed by atoms with E-state index in [2.05, 4.69) is 22.8 Å². The smallest absolute Gasteiger partial charge is 0.255 e. The third-order valence-corrected chi connectivity index (χ3v) is 4.62. The van der Waals surface area contributed by atoms with Crippen molar-refractivity contribution in [3.05, 3.63) is 101 Å². The van der Waals surface area contributed by atoms with Crippen molar-refractivity contribution < 1.29 is 18.7 Å². The maximum Gasteiger partial charge on any atom is 0.255 e. The van der Waals surface area contributed by atoms with E-state index in [0.717, 1.165) is 6.42 Å². The molecule has 0 aliphatic rings. The molecule has 0 unspecified atom stereocenters. The minimum atomic E-state index is -0.406. The first-order valence-electron chi connectivity index (χ1n) is 10.2. The molecule has 3 aromatic rings. The van der Waals surface area contributed by atoms with E-state index in [9.17, 15) is 14.0 Å². The van der Waals surface area contributed by atoms with Crippen LogP contribution in [0.1, 0.15) is 32.7 Å². The summed E-state index contributed by atoms with van der Waals surface area (Å²) in [4.78, 5) is 24.6. The molecule has 0 heterocycles. The van der Waals surface area contributed by atoms with Crippen molar-refractivity contribution in [3.8, 4) is 0 Å². The van der Waals surface area contributed by atoms with Crippen molar-refractivity contribution in [3.63, 3.8) is 0 Å². The lowest BCUT2D eigenvalue weighted by Crippen LogP contribution is -2.25. The van der Waals surface area contributed by atoms with Crippen LogP contribution < -0.4 is 10.6 Å². The Morgan fingerprint density at radius 1 is 0.806 bits per heavy atom. The monoisotopic (exact) mass is 420 g/mol. The Morgan fingerprint density at radius 3 is 2.35 bits per heavy atom. The average Bonchev–Trinajstić information content (AvgIpc) is 2.79. The molecule has 2 N–H and O–H groups in total. The molecule has 3 aromatic carbocycles. The van der Waals surface area contributed by atoms with Crippen molar-refractivity contribution in [2.45, 2.75) is 12.8 Å². The molecule has 0 bridgehead atoms. The van der Waals surface area contributed by atoms with Gasteiger partial charge in [-0.2, -0.15) is 0 Å². The number of anilines is 1. The van der Waals surface area contributed by atoms with Crippen LogP contribution in [0.3, 0.4) is 0 Å². The third kappa shape index (κ3) is 7.35. The highest BCUT2D eigenvalue weighted by molar-refractivity contribution is 6.05. The second kappa shape index (κ2) is 11.6. The van der Waals surface area contributed by atoms with Gasteiger partial charge in [-0.05, 0) is 60.9 Å². The largest absolute Gasteiger partial charge is 0.381 e. The number of hydrogen-bond donors (Lipinski definition) is 2. The fraction of sp³-hybridized carbons (Fsp3) is 0.200. The summed E-state index contributed by atoms with van der Waals surface area (Å²) >= 11 is 0.